The Labute approximate surface area is 101 Å². The maximum Gasteiger partial charge on any atom is 0.339 e. The molecule has 2 rings (SSSR count). The van der Waals surface area contributed by atoms with E-state index in [0.29, 0.717) is 36.1 Å². The molecule has 0 aliphatic carbocycles. The van der Waals surface area contributed by atoms with E-state index < -0.39 is 16.8 Å². The first-order valence-corrected chi connectivity index (χ1v) is 6.65. The number of pyridine rings is 1. The zero-order valence-corrected chi connectivity index (χ0v) is 9.94. The van der Waals surface area contributed by atoms with Crippen LogP contribution in [-0.4, -0.2) is 44.9 Å². The number of hydrogen-bond acceptors (Lipinski definition) is 5. The summed E-state index contributed by atoms with van der Waals surface area (Å²) in [6.45, 7) is 1.12. The highest BCUT2D eigenvalue weighted by Crippen LogP contribution is 2.21. The monoisotopic (exact) mass is 255 g/mol. The van der Waals surface area contributed by atoms with E-state index in [1.165, 1.54) is 12.3 Å². The normalized spacial score (nSPS) is 17.1. The maximum absolute atomic E-state index is 11.2. The van der Waals surface area contributed by atoms with Crippen molar-refractivity contribution in [2.24, 2.45) is 0 Å². The zero-order chi connectivity index (χ0) is 12.4. The van der Waals surface area contributed by atoms with Crippen molar-refractivity contribution in [1.82, 2.24) is 4.98 Å². The Morgan fingerprint density at radius 1 is 1.47 bits per heavy atom. The number of hydrogen-bond donors (Lipinski definition) is 2. The first-order chi connectivity index (χ1) is 8.08. The minimum atomic E-state index is -1.05. The number of carboxylic acids is 1. The highest BCUT2D eigenvalue weighted by atomic mass is 32.2. The van der Waals surface area contributed by atoms with Gasteiger partial charge in [-0.05, 0) is 6.07 Å². The molecular weight excluding hydrogens is 242 g/mol. The number of aromatic carboxylic acids is 1. The van der Waals surface area contributed by atoms with Gasteiger partial charge in [0.25, 0.3) is 0 Å². The molecule has 0 aromatic carbocycles. The van der Waals surface area contributed by atoms with Crippen LogP contribution in [0.5, 0.6) is 0 Å². The fourth-order valence-corrected chi connectivity index (χ4v) is 2.78. The maximum atomic E-state index is 11.2. The summed E-state index contributed by atoms with van der Waals surface area (Å²) in [6, 6.07) is 1.40. The number of aromatic nitrogens is 1. The molecule has 0 spiro atoms. The molecule has 0 amide bonds. The number of rotatable bonds is 2. The van der Waals surface area contributed by atoms with Gasteiger partial charge in [-0.2, -0.15) is 0 Å². The van der Waals surface area contributed by atoms with Crippen molar-refractivity contribution in [3.05, 3.63) is 17.8 Å². The topological polar surface area (TPSA) is 96.5 Å². The predicted molar refractivity (Wildman–Crippen MR) is 65.7 cm³/mol. The van der Waals surface area contributed by atoms with Crippen molar-refractivity contribution in [2.75, 3.05) is 35.2 Å². The molecular formula is C10H13N3O3S. The van der Waals surface area contributed by atoms with Gasteiger partial charge >= 0.3 is 5.97 Å². The van der Waals surface area contributed by atoms with E-state index in [0.717, 1.165) is 0 Å². The van der Waals surface area contributed by atoms with Crippen molar-refractivity contribution >= 4 is 28.3 Å². The fraction of sp³-hybridized carbons (Fsp3) is 0.400. The summed E-state index contributed by atoms with van der Waals surface area (Å²) < 4.78 is 11.2. The Morgan fingerprint density at radius 2 is 2.12 bits per heavy atom. The lowest BCUT2D eigenvalue weighted by Gasteiger charge is -2.28. The Hall–Kier alpha value is -1.63. The van der Waals surface area contributed by atoms with E-state index in [4.69, 9.17) is 10.8 Å². The third-order valence-electron chi connectivity index (χ3n) is 2.60. The van der Waals surface area contributed by atoms with Crippen molar-refractivity contribution in [1.29, 1.82) is 0 Å². The highest BCUT2D eigenvalue weighted by Gasteiger charge is 2.21. The molecule has 3 N–H and O–H groups in total. The van der Waals surface area contributed by atoms with E-state index in [-0.39, 0.29) is 5.56 Å². The van der Waals surface area contributed by atoms with Crippen LogP contribution >= 0.6 is 0 Å². The molecule has 1 aromatic heterocycles. The van der Waals surface area contributed by atoms with Gasteiger partial charge in [0.15, 0.2) is 0 Å². The van der Waals surface area contributed by atoms with E-state index in [1.807, 2.05) is 4.90 Å². The minimum Gasteiger partial charge on any atom is -0.478 e. The van der Waals surface area contributed by atoms with Gasteiger partial charge in [-0.25, -0.2) is 9.78 Å². The summed E-state index contributed by atoms with van der Waals surface area (Å²) >= 11 is 0. The van der Waals surface area contributed by atoms with Crippen LogP contribution in [0.15, 0.2) is 12.3 Å². The first kappa shape index (κ1) is 11.8. The van der Waals surface area contributed by atoms with E-state index >= 15 is 0 Å². The Balaban J connectivity index is 2.31. The number of nitrogens with two attached hydrogens (primary N) is 1. The number of carbonyl (C=O) groups is 1. The van der Waals surface area contributed by atoms with Gasteiger partial charge in [-0.3, -0.25) is 4.21 Å². The minimum absolute atomic E-state index is 0.0951. The zero-order valence-electron chi connectivity index (χ0n) is 9.13. The molecule has 1 fully saturated rings. The van der Waals surface area contributed by atoms with Crippen LogP contribution in [0.25, 0.3) is 0 Å². The molecule has 0 bridgehead atoms. The SMILES string of the molecule is Nc1cnc(N2CCS(=O)CC2)c(C(=O)O)c1. The second-order valence-corrected chi connectivity index (χ2v) is 5.48. The third kappa shape index (κ3) is 2.55. The number of carboxylic acid groups (broad SMARTS) is 1. The molecule has 1 aromatic rings. The molecule has 1 aliphatic heterocycles. The van der Waals surface area contributed by atoms with Crippen molar-refractivity contribution in [2.45, 2.75) is 0 Å². The summed E-state index contributed by atoms with van der Waals surface area (Å²) in [7, 11) is -0.798. The third-order valence-corrected chi connectivity index (χ3v) is 3.87. The molecule has 1 saturated heterocycles. The fourth-order valence-electron chi connectivity index (χ4n) is 1.73. The summed E-state index contributed by atoms with van der Waals surface area (Å²) in [6.07, 6.45) is 1.44. The summed E-state index contributed by atoms with van der Waals surface area (Å²) in [5, 5.41) is 9.09. The smallest absolute Gasteiger partial charge is 0.339 e. The first-order valence-electron chi connectivity index (χ1n) is 5.16. The van der Waals surface area contributed by atoms with Crippen molar-refractivity contribution in [3.63, 3.8) is 0 Å². The van der Waals surface area contributed by atoms with Gasteiger partial charge in [-0.1, -0.05) is 0 Å². The predicted octanol–water partition coefficient (Wildman–Crippen LogP) is -0.0693. The second-order valence-electron chi connectivity index (χ2n) is 3.78. The molecule has 7 heteroatoms. The lowest BCUT2D eigenvalue weighted by atomic mass is 10.2. The number of nitrogen functional groups attached to an aromatic ring is 1. The van der Waals surface area contributed by atoms with E-state index in [1.54, 1.807) is 0 Å². The van der Waals surface area contributed by atoms with E-state index in [9.17, 15) is 9.00 Å². The number of nitrogens with zero attached hydrogens (tertiary/aromatic N) is 2. The van der Waals surface area contributed by atoms with Crippen molar-refractivity contribution < 1.29 is 14.1 Å². The Bertz CT molecular complexity index is 468. The lowest BCUT2D eigenvalue weighted by molar-refractivity contribution is 0.0697. The standard InChI is InChI=1S/C10H13N3O3S/c11-7-5-8(10(14)15)9(12-6-7)13-1-3-17(16)4-2-13/h5-6H,1-4,11H2,(H,14,15). The quantitative estimate of drug-likeness (QED) is 0.768. The molecule has 2 heterocycles. The molecule has 1 aliphatic rings. The molecule has 0 atom stereocenters. The Morgan fingerprint density at radius 3 is 2.71 bits per heavy atom. The molecule has 6 nitrogen and oxygen atoms in total. The van der Waals surface area contributed by atoms with Gasteiger partial charge < -0.3 is 15.7 Å². The second kappa shape index (κ2) is 4.70. The summed E-state index contributed by atoms with van der Waals surface area (Å²) in [5.74, 6) is 0.450. The lowest BCUT2D eigenvalue weighted by Crippen LogP contribution is -2.39. The van der Waals surface area contributed by atoms with E-state index in [2.05, 4.69) is 4.98 Å². The Kier molecular flexibility index (Phi) is 3.28. The number of anilines is 2. The summed E-state index contributed by atoms with van der Waals surface area (Å²) in [4.78, 5) is 17.0. The molecule has 17 heavy (non-hydrogen) atoms. The van der Waals surface area contributed by atoms with Gasteiger partial charge in [0, 0.05) is 35.4 Å². The van der Waals surface area contributed by atoms with Gasteiger partial charge in [0.1, 0.15) is 11.4 Å². The average molecular weight is 255 g/mol. The largest absolute Gasteiger partial charge is 0.478 e. The van der Waals surface area contributed by atoms with Crippen LogP contribution in [0, 0.1) is 0 Å². The van der Waals surface area contributed by atoms with Crippen LogP contribution in [-0.2, 0) is 10.8 Å². The van der Waals surface area contributed by atoms with Gasteiger partial charge in [0.2, 0.25) is 0 Å². The average Bonchev–Trinajstić information content (AvgIpc) is 2.30. The molecule has 0 saturated carbocycles. The van der Waals surface area contributed by atoms with Crippen LogP contribution in [0.3, 0.4) is 0 Å². The summed E-state index contributed by atoms with van der Waals surface area (Å²) in [5.41, 5.74) is 5.94. The molecule has 0 radical (unpaired) electrons. The van der Waals surface area contributed by atoms with Crippen LogP contribution < -0.4 is 10.6 Å². The van der Waals surface area contributed by atoms with Crippen LogP contribution in [0.4, 0.5) is 11.5 Å². The molecule has 0 unspecified atom stereocenters. The molecule has 92 valence electrons. The highest BCUT2D eigenvalue weighted by molar-refractivity contribution is 7.85. The van der Waals surface area contributed by atoms with Gasteiger partial charge in [0.05, 0.1) is 11.9 Å². The van der Waals surface area contributed by atoms with Gasteiger partial charge in [-0.15, -0.1) is 0 Å². The van der Waals surface area contributed by atoms with Crippen LogP contribution in [0.1, 0.15) is 10.4 Å². The van der Waals surface area contributed by atoms with Crippen LogP contribution in [0.2, 0.25) is 0 Å². The van der Waals surface area contributed by atoms with Crippen molar-refractivity contribution in [3.8, 4) is 0 Å².